The molecule has 4 atom stereocenters. The first-order valence-electron chi connectivity index (χ1n) is 10.0. The van der Waals surface area contributed by atoms with Gasteiger partial charge in [-0.15, -0.1) is 0 Å². The fraction of sp³-hybridized carbons (Fsp3) is 0.333. The third kappa shape index (κ3) is 3.67. The van der Waals surface area contributed by atoms with E-state index in [0.717, 1.165) is 5.75 Å². The van der Waals surface area contributed by atoms with Gasteiger partial charge in [0.1, 0.15) is 24.6 Å². The second-order valence-corrected chi connectivity index (χ2v) is 8.54. The van der Waals surface area contributed by atoms with Crippen LogP contribution in [0.1, 0.15) is 17.5 Å². The van der Waals surface area contributed by atoms with Gasteiger partial charge in [-0.25, -0.2) is 19.4 Å². The van der Waals surface area contributed by atoms with E-state index >= 15 is 0 Å². The molecule has 1 saturated heterocycles. The number of rotatable bonds is 6. The molecule has 32 heavy (non-hydrogen) atoms. The molecule has 0 saturated carbocycles. The first kappa shape index (κ1) is 21.0. The molecule has 10 nitrogen and oxygen atoms in total. The molecular weight excluding hydrogens is 434 g/mol. The molecular formula is C21H21N5O5S. The molecule has 1 aliphatic rings. The summed E-state index contributed by atoms with van der Waals surface area (Å²) < 4.78 is 8.38. The van der Waals surface area contributed by atoms with Gasteiger partial charge >= 0.3 is 0 Å². The molecule has 3 N–H and O–H groups in total. The average Bonchev–Trinajstić information content (AvgIpc) is 3.35. The Hall–Kier alpha value is -2.83. The van der Waals surface area contributed by atoms with Crippen molar-refractivity contribution in [2.75, 3.05) is 6.61 Å². The third-order valence-corrected chi connectivity index (χ3v) is 6.47. The topological polar surface area (TPSA) is 135 Å². The van der Waals surface area contributed by atoms with Crippen LogP contribution in [0.5, 0.6) is 0 Å². The molecule has 0 amide bonds. The molecule has 4 heterocycles. The smallest absolute Gasteiger partial charge is 0.259 e. The zero-order valence-corrected chi connectivity index (χ0v) is 17.7. The molecule has 0 aliphatic carbocycles. The summed E-state index contributed by atoms with van der Waals surface area (Å²) in [6.07, 6.45) is -1.62. The second kappa shape index (κ2) is 8.60. The average molecular weight is 455 g/mol. The van der Waals surface area contributed by atoms with Gasteiger partial charge in [0.2, 0.25) is 0 Å². The molecule has 166 valence electrons. The monoisotopic (exact) mass is 455 g/mol. The summed E-state index contributed by atoms with van der Waals surface area (Å²) in [5.74, 6) is 1.35. The number of nitrogens with zero attached hydrogens (tertiary/aromatic N) is 5. The van der Waals surface area contributed by atoms with Crippen molar-refractivity contribution in [2.45, 2.75) is 36.0 Å². The molecule has 1 aliphatic heterocycles. The van der Waals surface area contributed by atoms with Crippen molar-refractivity contribution < 1.29 is 20.1 Å². The van der Waals surface area contributed by atoms with Gasteiger partial charge in [-0.05, 0) is 5.56 Å². The molecule has 0 unspecified atom stereocenters. The maximum atomic E-state index is 12.6. The van der Waals surface area contributed by atoms with Gasteiger partial charge < -0.3 is 20.1 Å². The fourth-order valence-corrected chi connectivity index (χ4v) is 4.67. The maximum absolute atomic E-state index is 12.6. The fourth-order valence-electron chi connectivity index (χ4n) is 3.79. The molecule has 1 aromatic carbocycles. The van der Waals surface area contributed by atoms with Gasteiger partial charge in [0, 0.05) is 17.6 Å². The van der Waals surface area contributed by atoms with E-state index in [0.29, 0.717) is 28.3 Å². The number of hydrogen-bond acceptors (Lipinski definition) is 9. The lowest BCUT2D eigenvalue weighted by molar-refractivity contribution is -0.0511. The van der Waals surface area contributed by atoms with Gasteiger partial charge in [0.25, 0.3) is 5.56 Å². The molecule has 1 fully saturated rings. The van der Waals surface area contributed by atoms with Crippen LogP contribution in [0.4, 0.5) is 0 Å². The van der Waals surface area contributed by atoms with Crippen molar-refractivity contribution >= 4 is 28.6 Å². The summed E-state index contributed by atoms with van der Waals surface area (Å²) in [6, 6.07) is 11.5. The molecule has 5 rings (SSSR count). The minimum atomic E-state index is -1.27. The van der Waals surface area contributed by atoms with Crippen molar-refractivity contribution in [3.63, 3.8) is 0 Å². The van der Waals surface area contributed by atoms with Crippen molar-refractivity contribution in [1.29, 1.82) is 0 Å². The summed E-state index contributed by atoms with van der Waals surface area (Å²) in [7, 11) is 0. The number of aromatic nitrogens is 5. The van der Waals surface area contributed by atoms with Crippen LogP contribution in [0, 0.1) is 0 Å². The standard InChI is InChI=1S/C21H21N5O5S/c27-7-14-17(29)18(30)21(31-14)26-10-22-16-19(26)23-11-25-15(28)6-13(24-20(16)25)9-32-8-12-4-2-1-3-5-12/h1-6,10-11,14,17-18,21,27,29-30H,7-9H2/t14-,17-,18-,21-/m1/s1. The summed E-state index contributed by atoms with van der Waals surface area (Å²) in [6.45, 7) is -0.432. The summed E-state index contributed by atoms with van der Waals surface area (Å²) in [4.78, 5) is 25.9. The predicted molar refractivity (Wildman–Crippen MR) is 117 cm³/mol. The van der Waals surface area contributed by atoms with Gasteiger partial charge in [-0.2, -0.15) is 11.8 Å². The second-order valence-electron chi connectivity index (χ2n) is 7.56. The number of hydrogen-bond donors (Lipinski definition) is 3. The van der Waals surface area contributed by atoms with Crippen molar-refractivity contribution in [3.8, 4) is 0 Å². The molecule has 4 aromatic rings. The van der Waals surface area contributed by atoms with Crippen LogP contribution >= 0.6 is 11.8 Å². The lowest BCUT2D eigenvalue weighted by Crippen LogP contribution is -2.33. The first-order valence-corrected chi connectivity index (χ1v) is 11.2. The molecule has 3 aromatic heterocycles. The molecule has 0 spiro atoms. The van der Waals surface area contributed by atoms with Gasteiger partial charge in [0.05, 0.1) is 18.6 Å². The zero-order chi connectivity index (χ0) is 22.2. The Labute approximate surface area is 186 Å². The van der Waals surface area contributed by atoms with E-state index in [1.54, 1.807) is 11.8 Å². The van der Waals surface area contributed by atoms with Crippen molar-refractivity contribution in [3.05, 3.63) is 70.7 Å². The largest absolute Gasteiger partial charge is 0.394 e. The highest BCUT2D eigenvalue weighted by Crippen LogP contribution is 2.31. The summed E-state index contributed by atoms with van der Waals surface area (Å²) in [5, 5.41) is 29.7. The van der Waals surface area contributed by atoms with E-state index in [9.17, 15) is 20.1 Å². The first-order chi connectivity index (χ1) is 15.6. The van der Waals surface area contributed by atoms with Crippen LogP contribution in [0.25, 0.3) is 16.8 Å². The normalized spacial score (nSPS) is 23.3. The van der Waals surface area contributed by atoms with Gasteiger partial charge in [-0.1, -0.05) is 30.3 Å². The van der Waals surface area contributed by atoms with E-state index in [1.807, 2.05) is 18.2 Å². The number of benzene rings is 1. The van der Waals surface area contributed by atoms with Crippen molar-refractivity contribution in [2.24, 2.45) is 0 Å². The maximum Gasteiger partial charge on any atom is 0.259 e. The van der Waals surface area contributed by atoms with Crippen LogP contribution in [0.3, 0.4) is 0 Å². The highest BCUT2D eigenvalue weighted by molar-refractivity contribution is 7.97. The minimum absolute atomic E-state index is 0.262. The molecule has 11 heteroatoms. The third-order valence-electron chi connectivity index (χ3n) is 5.43. The lowest BCUT2D eigenvalue weighted by atomic mass is 10.1. The van der Waals surface area contributed by atoms with Gasteiger partial charge in [0.15, 0.2) is 23.0 Å². The zero-order valence-electron chi connectivity index (χ0n) is 16.9. The Kier molecular flexibility index (Phi) is 5.66. The predicted octanol–water partition coefficient (Wildman–Crippen LogP) is 0.484. The van der Waals surface area contributed by atoms with Crippen LogP contribution < -0.4 is 5.56 Å². The Bertz CT molecular complexity index is 1310. The number of ether oxygens (including phenoxy) is 1. The number of aliphatic hydroxyl groups is 3. The van der Waals surface area contributed by atoms with Crippen LogP contribution in [-0.4, -0.2) is 64.2 Å². The minimum Gasteiger partial charge on any atom is -0.394 e. The van der Waals surface area contributed by atoms with E-state index in [1.165, 1.54) is 33.3 Å². The Morgan fingerprint density at radius 1 is 1.03 bits per heavy atom. The SMILES string of the molecule is O=c1cc(CSCc2ccccc2)nc2c3ncn([C@@H]4O[C@H](CO)[C@@H](O)[C@H]4O)c3ncn12. The Balaban J connectivity index is 1.47. The lowest BCUT2D eigenvalue weighted by Gasteiger charge is -2.16. The Morgan fingerprint density at radius 3 is 2.59 bits per heavy atom. The van der Waals surface area contributed by atoms with Crippen LogP contribution in [0.15, 0.2) is 53.8 Å². The molecule has 0 radical (unpaired) electrons. The summed E-state index contributed by atoms with van der Waals surface area (Å²) >= 11 is 1.65. The number of fused-ring (bicyclic) bond motifs is 3. The van der Waals surface area contributed by atoms with E-state index < -0.39 is 31.1 Å². The van der Waals surface area contributed by atoms with E-state index in [-0.39, 0.29) is 5.56 Å². The number of thioether (sulfide) groups is 1. The quantitative estimate of drug-likeness (QED) is 0.379. The van der Waals surface area contributed by atoms with Gasteiger partial charge in [-0.3, -0.25) is 9.36 Å². The van der Waals surface area contributed by atoms with E-state index in [2.05, 4.69) is 27.1 Å². The highest BCUT2D eigenvalue weighted by atomic mass is 32.2. The van der Waals surface area contributed by atoms with E-state index in [4.69, 9.17) is 4.74 Å². The van der Waals surface area contributed by atoms with Crippen LogP contribution in [0.2, 0.25) is 0 Å². The van der Waals surface area contributed by atoms with Crippen molar-refractivity contribution in [1.82, 2.24) is 23.9 Å². The summed E-state index contributed by atoms with van der Waals surface area (Å²) in [5.41, 5.74) is 2.63. The number of aliphatic hydroxyl groups excluding tert-OH is 3. The highest BCUT2D eigenvalue weighted by Gasteiger charge is 2.44. The number of imidazole rings is 1. The van der Waals surface area contributed by atoms with Crippen LogP contribution in [-0.2, 0) is 16.2 Å². The molecule has 0 bridgehead atoms. The Morgan fingerprint density at radius 2 is 1.84 bits per heavy atom.